The van der Waals surface area contributed by atoms with Gasteiger partial charge in [-0.1, -0.05) is 6.08 Å². The van der Waals surface area contributed by atoms with Crippen LogP contribution in [-0.2, 0) is 9.47 Å². The lowest BCUT2D eigenvalue weighted by Gasteiger charge is -2.21. The fourth-order valence-electron chi connectivity index (χ4n) is 2.74. The molecular formula is C13H17N3O2. The zero-order valence-corrected chi connectivity index (χ0v) is 10.2. The van der Waals surface area contributed by atoms with Gasteiger partial charge in [0.05, 0.1) is 32.0 Å². The minimum Gasteiger partial charge on any atom is -0.379 e. The first kappa shape index (κ1) is 11.6. The number of anilines is 1. The lowest BCUT2D eigenvalue weighted by molar-refractivity contribution is 0.0435. The zero-order valence-electron chi connectivity index (χ0n) is 10.2. The van der Waals surface area contributed by atoms with Crippen LogP contribution in [0.4, 0.5) is 5.95 Å². The summed E-state index contributed by atoms with van der Waals surface area (Å²) in [6, 6.07) is 2.16. The Bertz CT molecular complexity index is 412. The normalized spacial score (nSPS) is 30.4. The van der Waals surface area contributed by atoms with Crippen molar-refractivity contribution in [2.45, 2.75) is 12.1 Å². The molecule has 0 radical (unpaired) electrons. The molecule has 2 aliphatic rings. The van der Waals surface area contributed by atoms with Gasteiger partial charge in [0.1, 0.15) is 0 Å². The summed E-state index contributed by atoms with van der Waals surface area (Å²) < 4.78 is 11.4. The predicted octanol–water partition coefficient (Wildman–Crippen LogP) is 0.883. The summed E-state index contributed by atoms with van der Waals surface area (Å²) in [6.07, 6.45) is 5.50. The van der Waals surface area contributed by atoms with Gasteiger partial charge in [-0.2, -0.15) is 0 Å². The van der Waals surface area contributed by atoms with Crippen molar-refractivity contribution in [2.24, 2.45) is 5.92 Å². The average Bonchev–Trinajstić information content (AvgIpc) is 3.00. The van der Waals surface area contributed by atoms with Crippen molar-refractivity contribution in [3.8, 4) is 0 Å². The van der Waals surface area contributed by atoms with E-state index in [1.165, 1.54) is 0 Å². The average molecular weight is 247 g/mol. The Hall–Kier alpha value is -1.46. The molecule has 0 N–H and O–H groups in total. The highest BCUT2D eigenvalue weighted by Crippen LogP contribution is 2.33. The molecular weight excluding hydrogens is 230 g/mol. The Balaban J connectivity index is 1.78. The second kappa shape index (κ2) is 5.04. The quantitative estimate of drug-likeness (QED) is 0.739. The Morgan fingerprint density at radius 2 is 2.28 bits per heavy atom. The number of hydrogen-bond acceptors (Lipinski definition) is 5. The molecule has 0 aliphatic carbocycles. The SMILES string of the molecule is C=CCO[C@@H]1CN(c2ncccn2)[C@@H]2COC[C@@H]21. The van der Waals surface area contributed by atoms with Gasteiger partial charge in [-0.15, -0.1) is 6.58 Å². The van der Waals surface area contributed by atoms with Gasteiger partial charge in [0.15, 0.2) is 0 Å². The highest BCUT2D eigenvalue weighted by atomic mass is 16.5. The molecule has 2 fully saturated rings. The van der Waals surface area contributed by atoms with Crippen molar-refractivity contribution in [3.63, 3.8) is 0 Å². The van der Waals surface area contributed by atoms with Crippen molar-refractivity contribution < 1.29 is 9.47 Å². The molecule has 2 saturated heterocycles. The van der Waals surface area contributed by atoms with Crippen molar-refractivity contribution in [1.29, 1.82) is 0 Å². The third-order valence-corrected chi connectivity index (χ3v) is 3.58. The summed E-state index contributed by atoms with van der Waals surface area (Å²) in [6.45, 7) is 6.59. The van der Waals surface area contributed by atoms with Crippen LogP contribution in [0.2, 0.25) is 0 Å². The largest absolute Gasteiger partial charge is 0.379 e. The molecule has 0 spiro atoms. The smallest absolute Gasteiger partial charge is 0.225 e. The highest BCUT2D eigenvalue weighted by Gasteiger charge is 2.46. The molecule has 5 nitrogen and oxygen atoms in total. The van der Waals surface area contributed by atoms with Gasteiger partial charge in [-0.25, -0.2) is 9.97 Å². The molecule has 3 heterocycles. The second-order valence-corrected chi connectivity index (χ2v) is 4.63. The Kier molecular flexibility index (Phi) is 3.25. The van der Waals surface area contributed by atoms with Crippen molar-refractivity contribution >= 4 is 5.95 Å². The van der Waals surface area contributed by atoms with E-state index >= 15 is 0 Å². The molecule has 2 aliphatic heterocycles. The van der Waals surface area contributed by atoms with Gasteiger partial charge in [0.2, 0.25) is 5.95 Å². The number of fused-ring (bicyclic) bond motifs is 1. The van der Waals surface area contributed by atoms with E-state index in [0.29, 0.717) is 18.6 Å². The molecule has 1 aromatic rings. The molecule has 96 valence electrons. The van der Waals surface area contributed by atoms with E-state index in [1.807, 2.05) is 6.07 Å². The van der Waals surface area contributed by atoms with Crippen molar-refractivity contribution in [3.05, 3.63) is 31.1 Å². The van der Waals surface area contributed by atoms with Crippen LogP contribution >= 0.6 is 0 Å². The Morgan fingerprint density at radius 3 is 3.06 bits per heavy atom. The van der Waals surface area contributed by atoms with E-state index in [9.17, 15) is 0 Å². The summed E-state index contributed by atoms with van der Waals surface area (Å²) in [4.78, 5) is 10.8. The molecule has 3 rings (SSSR count). The standard InChI is InChI=1S/C13H17N3O2/c1-2-6-18-12-7-16(11-9-17-8-10(11)12)13-14-4-3-5-15-13/h2-5,10-12H,1,6-9H2/t10-,11+,12+/m0/s1. The summed E-state index contributed by atoms with van der Waals surface area (Å²) in [5.41, 5.74) is 0. The molecule has 3 atom stereocenters. The van der Waals surface area contributed by atoms with Crippen LogP contribution in [0.25, 0.3) is 0 Å². The molecule has 1 aromatic heterocycles. The first-order valence-corrected chi connectivity index (χ1v) is 6.24. The number of nitrogens with zero attached hydrogens (tertiary/aromatic N) is 3. The third-order valence-electron chi connectivity index (χ3n) is 3.58. The van der Waals surface area contributed by atoms with Gasteiger partial charge in [0, 0.05) is 24.9 Å². The number of rotatable bonds is 4. The second-order valence-electron chi connectivity index (χ2n) is 4.63. The van der Waals surface area contributed by atoms with E-state index in [-0.39, 0.29) is 6.10 Å². The Labute approximate surface area is 106 Å². The topological polar surface area (TPSA) is 47.5 Å². The maximum Gasteiger partial charge on any atom is 0.225 e. The summed E-state index contributed by atoms with van der Waals surface area (Å²) in [7, 11) is 0. The van der Waals surface area contributed by atoms with E-state index in [4.69, 9.17) is 9.47 Å². The van der Waals surface area contributed by atoms with Crippen molar-refractivity contribution in [2.75, 3.05) is 31.3 Å². The summed E-state index contributed by atoms with van der Waals surface area (Å²) in [5, 5.41) is 0. The molecule has 0 saturated carbocycles. The van der Waals surface area contributed by atoms with Crippen LogP contribution in [0.15, 0.2) is 31.1 Å². The highest BCUT2D eigenvalue weighted by molar-refractivity contribution is 5.35. The monoisotopic (exact) mass is 247 g/mol. The lowest BCUT2D eigenvalue weighted by Crippen LogP contribution is -2.33. The van der Waals surface area contributed by atoms with Crippen LogP contribution in [0.5, 0.6) is 0 Å². The van der Waals surface area contributed by atoms with Crippen LogP contribution in [0.3, 0.4) is 0 Å². The van der Waals surface area contributed by atoms with E-state index in [0.717, 1.165) is 25.7 Å². The maximum absolute atomic E-state index is 5.82. The molecule has 0 amide bonds. The minimum atomic E-state index is 0.180. The molecule has 0 aromatic carbocycles. The van der Waals surface area contributed by atoms with Gasteiger partial charge >= 0.3 is 0 Å². The van der Waals surface area contributed by atoms with Gasteiger partial charge in [-0.05, 0) is 6.07 Å². The molecule has 18 heavy (non-hydrogen) atoms. The van der Waals surface area contributed by atoms with E-state index in [1.54, 1.807) is 18.5 Å². The minimum absolute atomic E-state index is 0.180. The first-order chi connectivity index (χ1) is 8.90. The van der Waals surface area contributed by atoms with Crippen LogP contribution in [0.1, 0.15) is 0 Å². The van der Waals surface area contributed by atoms with Gasteiger partial charge in [-0.3, -0.25) is 0 Å². The van der Waals surface area contributed by atoms with Crippen molar-refractivity contribution in [1.82, 2.24) is 9.97 Å². The predicted molar refractivity (Wildman–Crippen MR) is 67.4 cm³/mol. The van der Waals surface area contributed by atoms with Crippen LogP contribution in [0, 0.1) is 5.92 Å². The zero-order chi connectivity index (χ0) is 12.4. The van der Waals surface area contributed by atoms with E-state index < -0.39 is 0 Å². The number of ether oxygens (including phenoxy) is 2. The first-order valence-electron chi connectivity index (χ1n) is 6.24. The fraction of sp³-hybridized carbons (Fsp3) is 0.538. The van der Waals surface area contributed by atoms with E-state index in [2.05, 4.69) is 21.4 Å². The maximum atomic E-state index is 5.82. The van der Waals surface area contributed by atoms with Crippen LogP contribution in [-0.4, -0.2) is 48.5 Å². The Morgan fingerprint density at radius 1 is 1.44 bits per heavy atom. The van der Waals surface area contributed by atoms with Gasteiger partial charge in [0.25, 0.3) is 0 Å². The number of aromatic nitrogens is 2. The summed E-state index contributed by atoms with van der Waals surface area (Å²) in [5.74, 6) is 1.18. The molecule has 0 bridgehead atoms. The summed E-state index contributed by atoms with van der Waals surface area (Å²) >= 11 is 0. The number of hydrogen-bond donors (Lipinski definition) is 0. The lowest BCUT2D eigenvalue weighted by atomic mass is 10.0. The molecule has 0 unspecified atom stereocenters. The molecule has 5 heteroatoms. The van der Waals surface area contributed by atoms with Gasteiger partial charge < -0.3 is 14.4 Å². The van der Waals surface area contributed by atoms with Crippen LogP contribution < -0.4 is 4.90 Å². The fourth-order valence-corrected chi connectivity index (χ4v) is 2.74. The third kappa shape index (κ3) is 2.00.